The first-order valence-corrected chi connectivity index (χ1v) is 14.3. The minimum atomic E-state index is -0.581. The van der Waals surface area contributed by atoms with Crippen LogP contribution in [0.15, 0.2) is 23.8 Å². The molecule has 1 aromatic rings. The summed E-state index contributed by atoms with van der Waals surface area (Å²) >= 11 is 0. The van der Waals surface area contributed by atoms with Crippen LogP contribution >= 0.6 is 0 Å². The number of carbonyl (C=O) groups is 2. The van der Waals surface area contributed by atoms with Gasteiger partial charge in [-0.1, -0.05) is 63.9 Å². The predicted molar refractivity (Wildman–Crippen MR) is 139 cm³/mol. The van der Waals surface area contributed by atoms with E-state index in [9.17, 15) is 9.59 Å². The maximum atomic E-state index is 12.9. The number of carbonyl (C=O) groups excluding carboxylic acids is 2. The molecule has 1 saturated heterocycles. The van der Waals surface area contributed by atoms with Crippen LogP contribution in [0.4, 0.5) is 0 Å². The normalized spacial score (nSPS) is 25.3. The topological polar surface area (TPSA) is 74.3 Å². The van der Waals surface area contributed by atoms with Crippen molar-refractivity contribution in [2.75, 3.05) is 13.3 Å². The molecule has 0 N–H and O–H groups in total. The Morgan fingerprint density at radius 3 is 2.41 bits per heavy atom. The molecule has 3 heterocycles. The van der Waals surface area contributed by atoms with Crippen molar-refractivity contribution in [1.82, 2.24) is 4.90 Å². The highest BCUT2D eigenvalue weighted by atomic mass is 16.7. The lowest BCUT2D eigenvalue weighted by molar-refractivity contribution is -0.167. The molecule has 0 saturated carbocycles. The van der Waals surface area contributed by atoms with Gasteiger partial charge in [-0.3, -0.25) is 14.5 Å². The fraction of sp³-hybridized carbons (Fsp3) is 0.667. The van der Waals surface area contributed by atoms with Crippen LogP contribution in [0.5, 0.6) is 11.5 Å². The highest BCUT2D eigenvalue weighted by Crippen LogP contribution is 2.50. The molecule has 1 unspecified atom stereocenters. The maximum Gasteiger partial charge on any atom is 0.306 e. The summed E-state index contributed by atoms with van der Waals surface area (Å²) in [5, 5.41) is 0. The van der Waals surface area contributed by atoms with E-state index in [1.807, 2.05) is 6.07 Å². The first-order valence-electron chi connectivity index (χ1n) is 14.3. The molecule has 1 fully saturated rings. The summed E-state index contributed by atoms with van der Waals surface area (Å²) in [7, 11) is 0. The van der Waals surface area contributed by atoms with E-state index < -0.39 is 12.2 Å². The largest absolute Gasteiger partial charge is 0.458 e. The Kier molecular flexibility index (Phi) is 8.38. The fourth-order valence-electron chi connectivity index (χ4n) is 6.54. The lowest BCUT2D eigenvalue weighted by Gasteiger charge is -2.46. The van der Waals surface area contributed by atoms with Crippen molar-refractivity contribution >= 4 is 11.9 Å². The van der Waals surface area contributed by atoms with Gasteiger partial charge in [0, 0.05) is 38.4 Å². The predicted octanol–water partition coefficient (Wildman–Crippen LogP) is 5.79. The minimum Gasteiger partial charge on any atom is -0.458 e. The smallest absolute Gasteiger partial charge is 0.306 e. The Hall–Kier alpha value is -2.54. The van der Waals surface area contributed by atoms with E-state index in [-0.39, 0.29) is 30.7 Å². The number of hydrogen-bond donors (Lipinski definition) is 0. The monoisotopic (exact) mass is 511 g/mol. The van der Waals surface area contributed by atoms with E-state index >= 15 is 0 Å². The van der Waals surface area contributed by atoms with Gasteiger partial charge in [0.25, 0.3) is 0 Å². The summed E-state index contributed by atoms with van der Waals surface area (Å²) in [4.78, 5) is 27.5. The maximum absolute atomic E-state index is 12.9. The molecule has 0 bridgehead atoms. The van der Waals surface area contributed by atoms with Crippen molar-refractivity contribution < 1.29 is 28.5 Å². The van der Waals surface area contributed by atoms with Crippen molar-refractivity contribution in [3.8, 4) is 11.5 Å². The van der Waals surface area contributed by atoms with E-state index in [2.05, 4.69) is 24.0 Å². The Balaban J connectivity index is 1.25. The van der Waals surface area contributed by atoms with Gasteiger partial charge in [0.15, 0.2) is 23.7 Å². The van der Waals surface area contributed by atoms with E-state index in [4.69, 9.17) is 18.9 Å². The molecule has 3 aliphatic heterocycles. The van der Waals surface area contributed by atoms with Crippen LogP contribution in [-0.2, 0) is 25.6 Å². The van der Waals surface area contributed by atoms with Gasteiger partial charge in [-0.25, -0.2) is 0 Å². The summed E-state index contributed by atoms with van der Waals surface area (Å²) < 4.78 is 23.2. The van der Waals surface area contributed by atoms with E-state index in [1.54, 1.807) is 0 Å². The summed E-state index contributed by atoms with van der Waals surface area (Å²) in [6, 6.07) is 4.24. The minimum absolute atomic E-state index is 0.116. The molecule has 37 heavy (non-hydrogen) atoms. The van der Waals surface area contributed by atoms with E-state index in [0.717, 1.165) is 61.4 Å². The van der Waals surface area contributed by atoms with Gasteiger partial charge in [-0.15, -0.1) is 0 Å². The zero-order valence-electron chi connectivity index (χ0n) is 22.3. The van der Waals surface area contributed by atoms with Crippen LogP contribution < -0.4 is 9.47 Å². The van der Waals surface area contributed by atoms with Gasteiger partial charge >= 0.3 is 11.9 Å². The summed E-state index contributed by atoms with van der Waals surface area (Å²) in [5.74, 6) is 0.795. The molecule has 0 spiro atoms. The van der Waals surface area contributed by atoms with E-state index in [0.29, 0.717) is 6.42 Å². The molecule has 5 rings (SSSR count). The highest BCUT2D eigenvalue weighted by Gasteiger charge is 2.52. The molecule has 4 atom stereocenters. The second kappa shape index (κ2) is 11.9. The van der Waals surface area contributed by atoms with Gasteiger partial charge in [-0.2, -0.15) is 0 Å². The van der Waals surface area contributed by atoms with Crippen molar-refractivity contribution in [3.63, 3.8) is 0 Å². The molecule has 0 aromatic heterocycles. The lowest BCUT2D eigenvalue weighted by Crippen LogP contribution is -2.52. The van der Waals surface area contributed by atoms with Gasteiger partial charge < -0.3 is 18.9 Å². The number of unbranched alkanes of at least 4 members (excludes halogenated alkanes) is 8. The molecule has 7 nitrogen and oxygen atoms in total. The molecule has 0 radical (unpaired) electrons. The molecule has 1 aliphatic carbocycles. The SMILES string of the molecule is CCCCCCCCCCCC(=O)O[C@H]1C=C2CCN3Cc4cc5c(cc4[C@@H](C23)[C@@H]1OC(C)=O)OCO5. The first-order chi connectivity index (χ1) is 18.0. The average molecular weight is 512 g/mol. The van der Waals surface area contributed by atoms with Crippen LogP contribution in [0.1, 0.15) is 102 Å². The van der Waals surface area contributed by atoms with Gasteiger partial charge in [0.2, 0.25) is 6.79 Å². The zero-order valence-corrected chi connectivity index (χ0v) is 22.3. The number of hydrogen-bond acceptors (Lipinski definition) is 7. The number of ether oxygens (including phenoxy) is 4. The average Bonchev–Trinajstić information content (AvgIpc) is 3.50. The molecule has 1 aromatic carbocycles. The van der Waals surface area contributed by atoms with Crippen molar-refractivity contribution in [3.05, 3.63) is 34.9 Å². The molecular formula is C30H41NO6. The van der Waals surface area contributed by atoms with Crippen LogP contribution in [0.3, 0.4) is 0 Å². The third-order valence-electron chi connectivity index (χ3n) is 8.28. The van der Waals surface area contributed by atoms with Gasteiger partial charge in [-0.05, 0) is 42.2 Å². The number of fused-ring (bicyclic) bond motifs is 3. The van der Waals surface area contributed by atoms with Crippen molar-refractivity contribution in [1.29, 1.82) is 0 Å². The first kappa shape index (κ1) is 26.1. The van der Waals surface area contributed by atoms with Crippen molar-refractivity contribution in [2.45, 2.75) is 115 Å². The van der Waals surface area contributed by atoms with Crippen LogP contribution in [0.25, 0.3) is 0 Å². The second-order valence-corrected chi connectivity index (χ2v) is 10.9. The lowest BCUT2D eigenvalue weighted by atomic mass is 9.73. The Labute approximate surface area is 220 Å². The number of benzene rings is 1. The fourth-order valence-corrected chi connectivity index (χ4v) is 6.54. The third-order valence-corrected chi connectivity index (χ3v) is 8.28. The Bertz CT molecular complexity index is 1020. The Morgan fingerprint density at radius 2 is 1.68 bits per heavy atom. The third kappa shape index (κ3) is 5.82. The number of nitrogens with zero attached hydrogens (tertiary/aromatic N) is 1. The number of esters is 2. The van der Waals surface area contributed by atoms with Crippen LogP contribution in [-0.4, -0.2) is 48.4 Å². The standard InChI is InChI=1S/C30H41NO6/c1-3-4-5-6-7-8-9-10-11-12-27(33)37-26-15-21-13-14-31-18-22-16-24-25(35-19-34-24)17-23(22)28(29(21)31)30(26)36-20(2)32/h15-17,26,28-30H,3-14,18-19H2,1-2H3/t26-,28-,29?,30+/m0/s1. The number of rotatable bonds is 12. The Morgan fingerprint density at radius 1 is 0.973 bits per heavy atom. The molecule has 202 valence electrons. The van der Waals surface area contributed by atoms with Crippen LogP contribution in [0, 0.1) is 0 Å². The van der Waals surface area contributed by atoms with E-state index in [1.165, 1.54) is 51.0 Å². The summed E-state index contributed by atoms with van der Waals surface area (Å²) in [5.41, 5.74) is 3.53. The molecular weight excluding hydrogens is 470 g/mol. The van der Waals surface area contributed by atoms with Gasteiger partial charge in [0.1, 0.15) is 0 Å². The summed E-state index contributed by atoms with van der Waals surface area (Å²) in [6.07, 6.45) is 13.0. The molecule has 4 aliphatic rings. The van der Waals surface area contributed by atoms with Crippen molar-refractivity contribution in [2.24, 2.45) is 0 Å². The molecule has 7 heteroatoms. The molecule has 0 amide bonds. The second-order valence-electron chi connectivity index (χ2n) is 10.9. The summed E-state index contributed by atoms with van der Waals surface area (Å²) in [6.45, 7) is 5.64. The van der Waals surface area contributed by atoms with Gasteiger partial charge in [0.05, 0.1) is 0 Å². The zero-order chi connectivity index (χ0) is 25.8. The van der Waals surface area contributed by atoms with Crippen LogP contribution in [0.2, 0.25) is 0 Å². The highest BCUT2D eigenvalue weighted by molar-refractivity contribution is 5.70. The quantitative estimate of drug-likeness (QED) is 0.200.